The number of amides is 1. The van der Waals surface area contributed by atoms with Crippen molar-refractivity contribution < 1.29 is 19.0 Å². The molecule has 4 N–H and O–H groups in total. The molecule has 0 aliphatic heterocycles. The van der Waals surface area contributed by atoms with Crippen molar-refractivity contribution in [2.45, 2.75) is 30.9 Å². The number of carbonyl (C=O) groups is 1. The zero-order valence-corrected chi connectivity index (χ0v) is 10.3. The van der Waals surface area contributed by atoms with Crippen LogP contribution in [0.1, 0.15) is 19.3 Å². The molecule has 0 aromatic heterocycles. The Hall–Kier alpha value is -0.690. The van der Waals surface area contributed by atoms with Gasteiger partial charge in [-0.3, -0.25) is 4.79 Å². The number of hydrogen-bond acceptors (Lipinski definition) is 5. The zero-order chi connectivity index (χ0) is 12.7. The van der Waals surface area contributed by atoms with Crippen LogP contribution in [0.2, 0.25) is 0 Å². The third kappa shape index (κ3) is 4.59. The Morgan fingerprint density at radius 1 is 1.35 bits per heavy atom. The minimum absolute atomic E-state index is 0.0125. The summed E-state index contributed by atoms with van der Waals surface area (Å²) in [5, 5.41) is 0. The van der Waals surface area contributed by atoms with Gasteiger partial charge in [-0.2, -0.15) is 0 Å². The second kappa shape index (κ2) is 6.90. The highest BCUT2D eigenvalue weighted by Crippen LogP contribution is 2.29. The highest BCUT2D eigenvalue weighted by molar-refractivity contribution is 5.84. The molecule has 0 aromatic carbocycles. The van der Waals surface area contributed by atoms with Gasteiger partial charge in [-0.25, -0.2) is 0 Å². The molecule has 1 fully saturated rings. The van der Waals surface area contributed by atoms with Gasteiger partial charge in [0.1, 0.15) is 0 Å². The standard InChI is InChI=1S/C11H22N2O4/c1-15-4-5-16-6-7-17-9-2-3-11(13,8-9)10(12)14/h9H,2-8,13H2,1H3,(H2,12,14). The number of hydrogen-bond donors (Lipinski definition) is 2. The fourth-order valence-electron chi connectivity index (χ4n) is 1.91. The fraction of sp³-hybridized carbons (Fsp3) is 0.909. The molecule has 0 radical (unpaired) electrons. The van der Waals surface area contributed by atoms with Gasteiger partial charge in [0.15, 0.2) is 0 Å². The van der Waals surface area contributed by atoms with E-state index in [2.05, 4.69) is 0 Å². The molecule has 0 saturated heterocycles. The molecule has 0 bridgehead atoms. The lowest BCUT2D eigenvalue weighted by Crippen LogP contribution is -2.50. The topological polar surface area (TPSA) is 96.8 Å². The van der Waals surface area contributed by atoms with Gasteiger partial charge in [0.05, 0.1) is 38.1 Å². The maximum absolute atomic E-state index is 11.1. The summed E-state index contributed by atoms with van der Waals surface area (Å²) in [5.41, 5.74) is 10.2. The predicted molar refractivity (Wildman–Crippen MR) is 62.4 cm³/mol. The first-order chi connectivity index (χ1) is 8.08. The normalized spacial score (nSPS) is 28.5. The third-order valence-electron chi connectivity index (χ3n) is 3.01. The molecule has 0 heterocycles. The number of rotatable bonds is 8. The minimum Gasteiger partial charge on any atom is -0.382 e. The maximum atomic E-state index is 11.1. The molecule has 2 atom stereocenters. The van der Waals surface area contributed by atoms with Crippen molar-refractivity contribution in [2.75, 3.05) is 33.5 Å². The van der Waals surface area contributed by atoms with Gasteiger partial charge in [0, 0.05) is 13.5 Å². The summed E-state index contributed by atoms with van der Waals surface area (Å²) in [7, 11) is 1.63. The molecule has 2 unspecified atom stereocenters. The van der Waals surface area contributed by atoms with Gasteiger partial charge in [-0.15, -0.1) is 0 Å². The first-order valence-corrected chi connectivity index (χ1v) is 5.85. The monoisotopic (exact) mass is 246 g/mol. The smallest absolute Gasteiger partial charge is 0.237 e. The second-order valence-corrected chi connectivity index (χ2v) is 4.36. The highest BCUT2D eigenvalue weighted by Gasteiger charge is 2.40. The number of nitrogens with two attached hydrogens (primary N) is 2. The zero-order valence-electron chi connectivity index (χ0n) is 10.3. The van der Waals surface area contributed by atoms with Gasteiger partial charge in [0.25, 0.3) is 0 Å². The van der Waals surface area contributed by atoms with Crippen LogP contribution in [-0.4, -0.2) is 51.1 Å². The van der Waals surface area contributed by atoms with E-state index in [9.17, 15) is 4.79 Å². The summed E-state index contributed by atoms with van der Waals surface area (Å²) in [5.74, 6) is -0.444. The van der Waals surface area contributed by atoms with E-state index in [0.29, 0.717) is 39.3 Å². The van der Waals surface area contributed by atoms with Crippen molar-refractivity contribution in [3.8, 4) is 0 Å². The molecule has 6 heteroatoms. The summed E-state index contributed by atoms with van der Waals surface area (Å²) < 4.78 is 15.7. The van der Waals surface area contributed by atoms with Crippen LogP contribution in [-0.2, 0) is 19.0 Å². The Labute approximate surface area is 102 Å². The second-order valence-electron chi connectivity index (χ2n) is 4.36. The Balaban J connectivity index is 2.08. The lowest BCUT2D eigenvalue weighted by molar-refractivity contribution is -0.123. The molecule has 1 rings (SSSR count). The number of carbonyl (C=O) groups excluding carboxylic acids is 1. The molecule has 1 aliphatic carbocycles. The Morgan fingerprint density at radius 2 is 2.06 bits per heavy atom. The summed E-state index contributed by atoms with van der Waals surface area (Å²) in [4.78, 5) is 11.1. The maximum Gasteiger partial charge on any atom is 0.237 e. The molecule has 17 heavy (non-hydrogen) atoms. The van der Waals surface area contributed by atoms with Crippen molar-refractivity contribution in [1.29, 1.82) is 0 Å². The molecule has 1 saturated carbocycles. The summed E-state index contributed by atoms with van der Waals surface area (Å²) in [6, 6.07) is 0. The molecular formula is C11H22N2O4. The quantitative estimate of drug-likeness (QED) is 0.557. The van der Waals surface area contributed by atoms with Crippen LogP contribution in [0.25, 0.3) is 0 Å². The van der Waals surface area contributed by atoms with Crippen LogP contribution >= 0.6 is 0 Å². The molecule has 1 amide bonds. The van der Waals surface area contributed by atoms with E-state index in [0.717, 1.165) is 6.42 Å². The largest absolute Gasteiger partial charge is 0.382 e. The van der Waals surface area contributed by atoms with Gasteiger partial charge < -0.3 is 25.7 Å². The molecular weight excluding hydrogens is 224 g/mol. The first kappa shape index (κ1) is 14.4. The van der Waals surface area contributed by atoms with Crippen LogP contribution in [0.15, 0.2) is 0 Å². The van der Waals surface area contributed by atoms with Gasteiger partial charge >= 0.3 is 0 Å². The van der Waals surface area contributed by atoms with Crippen LogP contribution in [0, 0.1) is 0 Å². The SMILES string of the molecule is COCCOCCOC1CCC(N)(C(N)=O)C1. The first-order valence-electron chi connectivity index (χ1n) is 5.85. The van der Waals surface area contributed by atoms with Crippen molar-refractivity contribution in [3.63, 3.8) is 0 Å². The van der Waals surface area contributed by atoms with Crippen LogP contribution < -0.4 is 11.5 Å². The summed E-state index contributed by atoms with van der Waals surface area (Å²) in [6.45, 7) is 2.17. The van der Waals surface area contributed by atoms with E-state index in [4.69, 9.17) is 25.7 Å². The minimum atomic E-state index is -0.887. The Morgan fingerprint density at radius 3 is 2.65 bits per heavy atom. The van der Waals surface area contributed by atoms with E-state index in [1.807, 2.05) is 0 Å². The Bertz CT molecular complexity index is 250. The molecule has 0 spiro atoms. The van der Waals surface area contributed by atoms with E-state index < -0.39 is 11.4 Å². The number of methoxy groups -OCH3 is 1. The van der Waals surface area contributed by atoms with E-state index in [1.54, 1.807) is 7.11 Å². The molecule has 0 aromatic rings. The lowest BCUT2D eigenvalue weighted by atomic mass is 9.99. The molecule has 6 nitrogen and oxygen atoms in total. The fourth-order valence-corrected chi connectivity index (χ4v) is 1.91. The Kier molecular flexibility index (Phi) is 5.84. The number of primary amides is 1. The lowest BCUT2D eigenvalue weighted by Gasteiger charge is -2.19. The van der Waals surface area contributed by atoms with Crippen molar-refractivity contribution >= 4 is 5.91 Å². The number of ether oxygens (including phenoxy) is 3. The third-order valence-corrected chi connectivity index (χ3v) is 3.01. The van der Waals surface area contributed by atoms with Gasteiger partial charge in [-0.1, -0.05) is 0 Å². The molecule has 1 aliphatic rings. The average Bonchev–Trinajstić information content (AvgIpc) is 2.67. The van der Waals surface area contributed by atoms with Crippen LogP contribution in [0.4, 0.5) is 0 Å². The van der Waals surface area contributed by atoms with E-state index >= 15 is 0 Å². The summed E-state index contributed by atoms with van der Waals surface area (Å²) in [6.07, 6.45) is 1.88. The van der Waals surface area contributed by atoms with E-state index in [-0.39, 0.29) is 6.10 Å². The average molecular weight is 246 g/mol. The van der Waals surface area contributed by atoms with Crippen molar-refractivity contribution in [1.82, 2.24) is 0 Å². The van der Waals surface area contributed by atoms with E-state index in [1.165, 1.54) is 0 Å². The van der Waals surface area contributed by atoms with Crippen LogP contribution in [0.5, 0.6) is 0 Å². The molecule has 100 valence electrons. The van der Waals surface area contributed by atoms with Crippen molar-refractivity contribution in [3.05, 3.63) is 0 Å². The summed E-state index contributed by atoms with van der Waals surface area (Å²) >= 11 is 0. The van der Waals surface area contributed by atoms with Crippen molar-refractivity contribution in [2.24, 2.45) is 11.5 Å². The van der Waals surface area contributed by atoms with Gasteiger partial charge in [0.2, 0.25) is 5.91 Å². The van der Waals surface area contributed by atoms with Gasteiger partial charge in [-0.05, 0) is 12.8 Å². The van der Waals surface area contributed by atoms with Crippen LogP contribution in [0.3, 0.4) is 0 Å². The highest BCUT2D eigenvalue weighted by atomic mass is 16.5. The predicted octanol–water partition coefficient (Wildman–Crippen LogP) is -0.599.